The second-order valence-electron chi connectivity index (χ2n) is 5.68. The molecule has 9 nitrogen and oxygen atoms in total. The first-order valence-corrected chi connectivity index (χ1v) is 8.46. The second kappa shape index (κ2) is 7.52. The van der Waals surface area contributed by atoms with Gasteiger partial charge in [0.05, 0.1) is 42.9 Å². The quantitative estimate of drug-likeness (QED) is 0.654. The number of H-pyrrole nitrogens is 1. The highest BCUT2D eigenvalue weighted by atomic mass is 16.5. The molecule has 0 saturated carbocycles. The number of hydrogen-bond donors (Lipinski definition) is 2. The standard InChI is InChI=1S/C17H22N6O3/c1-4-12-13-14(22-23(12)6-7-25-3)16(24)21-15(20-13)11-8-10(18)9-19-17(11)26-5-2/h8-9H,4-7,18H2,1-3H3,(H,20,21,24). The number of aromatic nitrogens is 5. The fourth-order valence-electron chi connectivity index (χ4n) is 2.79. The van der Waals surface area contributed by atoms with Crippen LogP contribution in [0.1, 0.15) is 19.5 Å². The molecule has 26 heavy (non-hydrogen) atoms. The van der Waals surface area contributed by atoms with Crippen molar-refractivity contribution >= 4 is 16.7 Å². The fraction of sp³-hybridized carbons (Fsp3) is 0.412. The van der Waals surface area contributed by atoms with E-state index in [4.69, 9.17) is 15.2 Å². The van der Waals surface area contributed by atoms with Gasteiger partial charge in [-0.05, 0) is 19.4 Å². The molecule has 0 spiro atoms. The molecule has 3 aromatic heterocycles. The molecule has 3 aromatic rings. The summed E-state index contributed by atoms with van der Waals surface area (Å²) in [6, 6.07) is 1.68. The molecule has 0 amide bonds. The molecule has 3 heterocycles. The van der Waals surface area contributed by atoms with Crippen molar-refractivity contribution in [2.24, 2.45) is 0 Å². The Kier molecular flexibility index (Phi) is 5.17. The normalized spacial score (nSPS) is 11.2. The number of methoxy groups -OCH3 is 1. The number of hydrogen-bond acceptors (Lipinski definition) is 7. The Morgan fingerprint density at radius 3 is 2.81 bits per heavy atom. The van der Waals surface area contributed by atoms with Gasteiger partial charge in [0.15, 0.2) is 5.52 Å². The number of nitrogens with two attached hydrogens (primary N) is 1. The van der Waals surface area contributed by atoms with E-state index in [0.717, 1.165) is 5.69 Å². The van der Waals surface area contributed by atoms with Gasteiger partial charge >= 0.3 is 0 Å². The van der Waals surface area contributed by atoms with Gasteiger partial charge in [0.1, 0.15) is 11.3 Å². The van der Waals surface area contributed by atoms with Crippen LogP contribution in [0.15, 0.2) is 17.1 Å². The maximum atomic E-state index is 12.6. The average molecular weight is 358 g/mol. The van der Waals surface area contributed by atoms with Crippen molar-refractivity contribution in [3.63, 3.8) is 0 Å². The first-order chi connectivity index (χ1) is 12.6. The number of fused-ring (bicyclic) bond motifs is 1. The number of nitrogens with one attached hydrogen (secondary N) is 1. The summed E-state index contributed by atoms with van der Waals surface area (Å²) in [6.07, 6.45) is 2.19. The monoisotopic (exact) mass is 358 g/mol. The third-order valence-electron chi connectivity index (χ3n) is 3.95. The Bertz CT molecular complexity index is 979. The summed E-state index contributed by atoms with van der Waals surface area (Å²) in [5.41, 5.74) is 8.27. The smallest absolute Gasteiger partial charge is 0.279 e. The van der Waals surface area contributed by atoms with Crippen LogP contribution in [-0.4, -0.2) is 45.1 Å². The van der Waals surface area contributed by atoms with Crippen molar-refractivity contribution in [1.29, 1.82) is 0 Å². The molecular formula is C17H22N6O3. The van der Waals surface area contributed by atoms with Crippen LogP contribution in [0.3, 0.4) is 0 Å². The van der Waals surface area contributed by atoms with Crippen molar-refractivity contribution in [2.45, 2.75) is 26.8 Å². The summed E-state index contributed by atoms with van der Waals surface area (Å²) >= 11 is 0. The van der Waals surface area contributed by atoms with Crippen molar-refractivity contribution in [2.75, 3.05) is 26.1 Å². The van der Waals surface area contributed by atoms with Crippen LogP contribution in [0.4, 0.5) is 5.69 Å². The lowest BCUT2D eigenvalue weighted by molar-refractivity contribution is 0.183. The van der Waals surface area contributed by atoms with Gasteiger partial charge < -0.3 is 20.2 Å². The van der Waals surface area contributed by atoms with Crippen LogP contribution >= 0.6 is 0 Å². The lowest BCUT2D eigenvalue weighted by atomic mass is 10.2. The van der Waals surface area contributed by atoms with Gasteiger partial charge in [-0.3, -0.25) is 9.48 Å². The van der Waals surface area contributed by atoms with E-state index < -0.39 is 0 Å². The Labute approximate surface area is 150 Å². The molecule has 0 aliphatic heterocycles. The van der Waals surface area contributed by atoms with Crippen LogP contribution in [0, 0.1) is 0 Å². The Balaban J connectivity index is 2.20. The minimum Gasteiger partial charge on any atom is -0.477 e. The largest absolute Gasteiger partial charge is 0.477 e. The minimum absolute atomic E-state index is 0.302. The lowest BCUT2D eigenvalue weighted by Gasteiger charge is -2.09. The molecule has 0 aliphatic rings. The number of rotatable bonds is 7. The van der Waals surface area contributed by atoms with E-state index in [1.807, 2.05) is 13.8 Å². The fourth-order valence-corrected chi connectivity index (χ4v) is 2.79. The highest BCUT2D eigenvalue weighted by Gasteiger charge is 2.18. The van der Waals surface area contributed by atoms with Crippen molar-refractivity contribution < 1.29 is 9.47 Å². The molecule has 0 saturated heterocycles. The summed E-state index contributed by atoms with van der Waals surface area (Å²) in [7, 11) is 1.63. The Hall–Kier alpha value is -2.94. The van der Waals surface area contributed by atoms with E-state index in [1.54, 1.807) is 17.9 Å². The van der Waals surface area contributed by atoms with Gasteiger partial charge in [-0.1, -0.05) is 6.92 Å². The molecule has 0 bridgehead atoms. The first-order valence-electron chi connectivity index (χ1n) is 8.46. The van der Waals surface area contributed by atoms with Crippen molar-refractivity contribution in [1.82, 2.24) is 24.7 Å². The molecule has 0 aromatic carbocycles. The summed E-state index contributed by atoms with van der Waals surface area (Å²) in [5, 5.41) is 4.39. The van der Waals surface area contributed by atoms with Crippen LogP contribution in [0.2, 0.25) is 0 Å². The third-order valence-corrected chi connectivity index (χ3v) is 3.95. The van der Waals surface area contributed by atoms with Crippen LogP contribution in [0.5, 0.6) is 5.88 Å². The number of pyridine rings is 1. The van der Waals surface area contributed by atoms with E-state index >= 15 is 0 Å². The van der Waals surface area contributed by atoms with Crippen LogP contribution in [-0.2, 0) is 17.7 Å². The SMILES string of the molecule is CCOc1ncc(N)cc1-c1nc2c(CC)n(CCOC)nc2c(=O)[nH]1. The zero-order valence-electron chi connectivity index (χ0n) is 15.1. The zero-order chi connectivity index (χ0) is 18.7. The van der Waals surface area contributed by atoms with Gasteiger partial charge in [-0.25, -0.2) is 9.97 Å². The minimum atomic E-state index is -0.319. The molecule has 0 aliphatic carbocycles. The number of ether oxygens (including phenoxy) is 2. The molecule has 3 rings (SSSR count). The molecule has 0 radical (unpaired) electrons. The number of aromatic amines is 1. The van der Waals surface area contributed by atoms with Gasteiger partial charge in [-0.2, -0.15) is 5.10 Å². The zero-order valence-corrected chi connectivity index (χ0v) is 15.1. The molecule has 0 atom stereocenters. The maximum absolute atomic E-state index is 12.6. The number of nitrogen functional groups attached to an aromatic ring is 1. The highest BCUT2D eigenvalue weighted by molar-refractivity contribution is 5.79. The molecular weight excluding hydrogens is 336 g/mol. The predicted molar refractivity (Wildman–Crippen MR) is 98.2 cm³/mol. The second-order valence-corrected chi connectivity index (χ2v) is 5.68. The number of nitrogens with zero attached hydrogens (tertiary/aromatic N) is 4. The van der Waals surface area contributed by atoms with Gasteiger partial charge in [0, 0.05) is 7.11 Å². The van der Waals surface area contributed by atoms with E-state index in [1.165, 1.54) is 6.20 Å². The molecule has 0 unspecified atom stereocenters. The van der Waals surface area contributed by atoms with Gasteiger partial charge in [-0.15, -0.1) is 0 Å². The number of anilines is 1. The lowest BCUT2D eigenvalue weighted by Crippen LogP contribution is -2.11. The van der Waals surface area contributed by atoms with Crippen molar-refractivity contribution in [3.05, 3.63) is 28.3 Å². The molecule has 3 N–H and O–H groups in total. The predicted octanol–water partition coefficient (Wildman–Crippen LogP) is 1.37. The Morgan fingerprint density at radius 2 is 2.12 bits per heavy atom. The maximum Gasteiger partial charge on any atom is 0.279 e. The summed E-state index contributed by atoms with van der Waals surface area (Å²) < 4.78 is 12.4. The summed E-state index contributed by atoms with van der Waals surface area (Å²) in [5.74, 6) is 0.723. The highest BCUT2D eigenvalue weighted by Crippen LogP contribution is 2.28. The molecule has 0 fully saturated rings. The topological polar surface area (TPSA) is 121 Å². The van der Waals surface area contributed by atoms with Crippen LogP contribution in [0.25, 0.3) is 22.4 Å². The van der Waals surface area contributed by atoms with E-state index in [-0.39, 0.29) is 5.56 Å². The van der Waals surface area contributed by atoms with E-state index in [9.17, 15) is 4.79 Å². The molecule has 138 valence electrons. The van der Waals surface area contributed by atoms with E-state index in [0.29, 0.717) is 60.2 Å². The van der Waals surface area contributed by atoms with Crippen LogP contribution < -0.4 is 16.0 Å². The number of aryl methyl sites for hydroxylation is 1. The summed E-state index contributed by atoms with van der Waals surface area (Å²) in [6.45, 7) is 5.34. The van der Waals surface area contributed by atoms with E-state index in [2.05, 4.69) is 20.1 Å². The van der Waals surface area contributed by atoms with Gasteiger partial charge in [0.25, 0.3) is 5.56 Å². The third kappa shape index (κ3) is 3.25. The van der Waals surface area contributed by atoms with Gasteiger partial charge in [0.2, 0.25) is 5.88 Å². The average Bonchev–Trinajstić information content (AvgIpc) is 2.99. The van der Waals surface area contributed by atoms with Crippen molar-refractivity contribution in [3.8, 4) is 17.3 Å². The summed E-state index contributed by atoms with van der Waals surface area (Å²) in [4.78, 5) is 24.2. The molecule has 9 heteroatoms. The first kappa shape index (κ1) is 17.9. The Morgan fingerprint density at radius 1 is 1.31 bits per heavy atom.